The number of hydrogen-bond acceptors (Lipinski definition) is 2. The van der Waals surface area contributed by atoms with Crippen molar-refractivity contribution in [3.8, 4) is 0 Å². The first-order valence-corrected chi connectivity index (χ1v) is 7.26. The highest BCUT2D eigenvalue weighted by Gasteiger charge is 2.09. The average Bonchev–Trinajstić information content (AvgIpc) is 2.45. The molecule has 2 nitrogen and oxygen atoms in total. The fourth-order valence-electron chi connectivity index (χ4n) is 2.44. The van der Waals surface area contributed by atoms with Crippen molar-refractivity contribution in [1.29, 1.82) is 0 Å². The van der Waals surface area contributed by atoms with Crippen LogP contribution in [0.2, 0.25) is 0 Å². The fourth-order valence-corrected chi connectivity index (χ4v) is 2.44. The molecule has 0 unspecified atom stereocenters. The van der Waals surface area contributed by atoms with Crippen LogP contribution in [0.5, 0.6) is 0 Å². The Morgan fingerprint density at radius 2 is 0.950 bits per heavy atom. The van der Waals surface area contributed by atoms with Gasteiger partial charge < -0.3 is 0 Å². The van der Waals surface area contributed by atoms with Gasteiger partial charge in [0, 0.05) is 22.2 Å². The van der Waals surface area contributed by atoms with Crippen LogP contribution in [0.3, 0.4) is 0 Å². The van der Waals surface area contributed by atoms with Crippen LogP contribution in [-0.4, -0.2) is 9.97 Å². The summed E-state index contributed by atoms with van der Waals surface area (Å²) in [6.07, 6.45) is 0. The summed E-state index contributed by atoms with van der Waals surface area (Å²) in [4.78, 5) is 9.68. The molecule has 0 N–H and O–H groups in total. The molecule has 0 fully saturated rings. The molecule has 0 bridgehead atoms. The van der Waals surface area contributed by atoms with Gasteiger partial charge in [-0.05, 0) is 24.0 Å². The first-order valence-electron chi connectivity index (χ1n) is 7.26. The molecule has 2 heterocycles. The maximum atomic E-state index is 4.84. The summed E-state index contributed by atoms with van der Waals surface area (Å²) in [6.45, 7) is 8.69. The van der Waals surface area contributed by atoms with Gasteiger partial charge in [-0.2, -0.15) is 0 Å². The predicted octanol–water partition coefficient (Wildman–Crippen LogP) is 5.03. The summed E-state index contributed by atoms with van der Waals surface area (Å²) in [6, 6.07) is 12.8. The molecule has 2 heteroatoms. The van der Waals surface area contributed by atoms with E-state index >= 15 is 0 Å². The van der Waals surface area contributed by atoms with Gasteiger partial charge in [-0.15, -0.1) is 0 Å². The number of fused-ring (bicyclic) bond motifs is 3. The van der Waals surface area contributed by atoms with E-state index in [1.807, 2.05) is 0 Å². The third-order valence-corrected chi connectivity index (χ3v) is 3.75. The van der Waals surface area contributed by atoms with Gasteiger partial charge in [-0.25, -0.2) is 0 Å². The van der Waals surface area contributed by atoms with Crippen molar-refractivity contribution in [2.45, 2.75) is 39.5 Å². The van der Waals surface area contributed by atoms with Crippen molar-refractivity contribution < 1.29 is 0 Å². The summed E-state index contributed by atoms with van der Waals surface area (Å²) < 4.78 is 0. The van der Waals surface area contributed by atoms with Crippen molar-refractivity contribution in [2.75, 3.05) is 0 Å². The molecule has 3 aromatic rings. The summed E-state index contributed by atoms with van der Waals surface area (Å²) in [5.41, 5.74) is 4.30. The Labute approximate surface area is 119 Å². The zero-order chi connectivity index (χ0) is 14.3. The summed E-state index contributed by atoms with van der Waals surface area (Å²) in [5, 5.41) is 2.32. The Morgan fingerprint density at radius 3 is 1.30 bits per heavy atom. The molecule has 0 saturated carbocycles. The van der Waals surface area contributed by atoms with E-state index in [1.165, 1.54) is 0 Å². The number of pyridine rings is 2. The normalized spacial score (nSPS) is 11.9. The molecular weight excluding hydrogens is 244 g/mol. The molecule has 0 radical (unpaired) electrons. The molecule has 0 aliphatic heterocycles. The molecule has 3 rings (SSSR count). The third kappa shape index (κ3) is 2.15. The van der Waals surface area contributed by atoms with Crippen LogP contribution in [0.4, 0.5) is 0 Å². The molecule has 0 spiro atoms. The lowest BCUT2D eigenvalue weighted by Gasteiger charge is -2.10. The van der Waals surface area contributed by atoms with Crippen LogP contribution in [0.25, 0.3) is 21.8 Å². The summed E-state index contributed by atoms with van der Waals surface area (Å²) >= 11 is 0. The van der Waals surface area contributed by atoms with Gasteiger partial charge in [-0.3, -0.25) is 9.97 Å². The standard InChI is InChI=1S/C18H20N2/c1-11(2)15-9-7-13-5-6-14-8-10-16(12(3)4)20-18(14)17(13)19-15/h5-12H,1-4H3. The van der Waals surface area contributed by atoms with Crippen molar-refractivity contribution in [3.05, 3.63) is 47.8 Å². The molecule has 0 aliphatic rings. The van der Waals surface area contributed by atoms with Crippen molar-refractivity contribution >= 4 is 21.8 Å². The monoisotopic (exact) mass is 264 g/mol. The van der Waals surface area contributed by atoms with E-state index in [1.54, 1.807) is 0 Å². The smallest absolute Gasteiger partial charge is 0.0968 e. The second-order valence-electron chi connectivity index (χ2n) is 5.99. The van der Waals surface area contributed by atoms with Crippen LogP contribution < -0.4 is 0 Å². The van der Waals surface area contributed by atoms with Gasteiger partial charge in [0.1, 0.15) is 0 Å². The topological polar surface area (TPSA) is 25.8 Å². The zero-order valence-corrected chi connectivity index (χ0v) is 12.5. The second-order valence-corrected chi connectivity index (χ2v) is 5.99. The third-order valence-electron chi connectivity index (χ3n) is 3.75. The molecule has 0 aliphatic carbocycles. The Morgan fingerprint density at radius 1 is 0.600 bits per heavy atom. The minimum Gasteiger partial charge on any atom is -0.250 e. The molecular formula is C18H20N2. The van der Waals surface area contributed by atoms with Crippen molar-refractivity contribution in [3.63, 3.8) is 0 Å². The van der Waals surface area contributed by atoms with Gasteiger partial charge >= 0.3 is 0 Å². The molecule has 1 aromatic carbocycles. The van der Waals surface area contributed by atoms with E-state index in [9.17, 15) is 0 Å². The minimum atomic E-state index is 0.433. The zero-order valence-electron chi connectivity index (χ0n) is 12.5. The Balaban J connectivity index is 2.36. The van der Waals surface area contributed by atoms with Gasteiger partial charge in [0.2, 0.25) is 0 Å². The number of hydrogen-bond donors (Lipinski definition) is 0. The first-order chi connectivity index (χ1) is 9.56. The second kappa shape index (κ2) is 4.86. The first kappa shape index (κ1) is 13.0. The Bertz CT molecular complexity index is 706. The van der Waals surface area contributed by atoms with E-state index in [-0.39, 0.29) is 0 Å². The molecule has 0 atom stereocenters. The Kier molecular flexibility index (Phi) is 3.17. The van der Waals surface area contributed by atoms with Gasteiger partial charge in [0.15, 0.2) is 0 Å². The highest BCUT2D eigenvalue weighted by molar-refractivity contribution is 6.02. The lowest BCUT2D eigenvalue weighted by atomic mass is 10.0. The van der Waals surface area contributed by atoms with E-state index in [4.69, 9.17) is 9.97 Å². The SMILES string of the molecule is CC(C)c1ccc2ccc3ccc(C(C)C)nc3c2n1. The van der Waals surface area contributed by atoms with E-state index < -0.39 is 0 Å². The molecule has 2 aromatic heterocycles. The predicted molar refractivity (Wildman–Crippen MR) is 85.2 cm³/mol. The van der Waals surface area contributed by atoms with Crippen LogP contribution >= 0.6 is 0 Å². The van der Waals surface area contributed by atoms with Crippen molar-refractivity contribution in [2.24, 2.45) is 0 Å². The molecule has 102 valence electrons. The highest BCUT2D eigenvalue weighted by Crippen LogP contribution is 2.26. The number of nitrogens with zero attached hydrogens (tertiary/aromatic N) is 2. The number of benzene rings is 1. The van der Waals surface area contributed by atoms with Crippen molar-refractivity contribution in [1.82, 2.24) is 9.97 Å². The van der Waals surface area contributed by atoms with Crippen LogP contribution in [0.15, 0.2) is 36.4 Å². The molecule has 0 amide bonds. The minimum absolute atomic E-state index is 0.433. The highest BCUT2D eigenvalue weighted by atomic mass is 14.8. The maximum Gasteiger partial charge on any atom is 0.0968 e. The summed E-state index contributed by atoms with van der Waals surface area (Å²) in [5.74, 6) is 0.867. The average molecular weight is 264 g/mol. The number of rotatable bonds is 2. The quantitative estimate of drug-likeness (QED) is 0.607. The van der Waals surface area contributed by atoms with E-state index in [0.717, 1.165) is 33.2 Å². The summed E-state index contributed by atoms with van der Waals surface area (Å²) in [7, 11) is 0. The maximum absolute atomic E-state index is 4.84. The number of aromatic nitrogens is 2. The van der Waals surface area contributed by atoms with Crippen LogP contribution in [0, 0.1) is 0 Å². The van der Waals surface area contributed by atoms with Crippen LogP contribution in [-0.2, 0) is 0 Å². The largest absolute Gasteiger partial charge is 0.250 e. The van der Waals surface area contributed by atoms with Crippen LogP contribution in [0.1, 0.15) is 50.9 Å². The van der Waals surface area contributed by atoms with Gasteiger partial charge in [-0.1, -0.05) is 52.0 Å². The lowest BCUT2D eigenvalue weighted by molar-refractivity contribution is 0.826. The van der Waals surface area contributed by atoms with Gasteiger partial charge in [0.05, 0.1) is 11.0 Å². The molecule has 20 heavy (non-hydrogen) atoms. The lowest BCUT2D eigenvalue weighted by Crippen LogP contribution is -1.96. The van der Waals surface area contributed by atoms with E-state index in [0.29, 0.717) is 11.8 Å². The van der Waals surface area contributed by atoms with Gasteiger partial charge in [0.25, 0.3) is 0 Å². The molecule has 0 saturated heterocycles. The van der Waals surface area contributed by atoms with E-state index in [2.05, 4.69) is 64.1 Å². The Hall–Kier alpha value is -1.96. The fraction of sp³-hybridized carbons (Fsp3) is 0.333.